The second-order valence-corrected chi connectivity index (χ2v) is 24.1. The van der Waals surface area contributed by atoms with Crippen LogP contribution in [0, 0.1) is 36.5 Å². The third kappa shape index (κ3) is 18.3. The van der Waals surface area contributed by atoms with Gasteiger partial charge in [0.15, 0.2) is 0 Å². The van der Waals surface area contributed by atoms with Crippen LogP contribution in [0.2, 0.25) is 10.0 Å². The maximum absolute atomic E-state index is 11.5. The number of imidazole rings is 2. The molecule has 0 unspecified atom stereocenters. The number of rotatable bonds is 30. The van der Waals surface area contributed by atoms with E-state index in [9.17, 15) is 40.5 Å². The quantitative estimate of drug-likeness (QED) is 0.0244. The van der Waals surface area contributed by atoms with Crippen molar-refractivity contribution < 1.29 is 49.0 Å². The van der Waals surface area contributed by atoms with Crippen LogP contribution in [-0.4, -0.2) is 138 Å². The highest BCUT2D eigenvalue weighted by Crippen LogP contribution is 2.38. The highest BCUT2D eigenvalue weighted by Gasteiger charge is 2.22. The van der Waals surface area contributed by atoms with Crippen molar-refractivity contribution in [1.82, 2.24) is 49.5 Å². The van der Waals surface area contributed by atoms with Crippen LogP contribution in [0.15, 0.2) is 147 Å². The number of aromatic nitrogens is 6. The van der Waals surface area contributed by atoms with Gasteiger partial charge in [-0.1, -0.05) is 71.7 Å². The number of nitrogens with zero attached hydrogens (tertiary/aromatic N) is 10. The zero-order chi connectivity index (χ0) is 68.4. The number of likely N-dealkylation sites (N-methyl/N-ethyl adjacent to an activating group) is 2. The summed E-state index contributed by atoms with van der Waals surface area (Å²) in [5.41, 5.74) is 15.7. The summed E-state index contributed by atoms with van der Waals surface area (Å²) < 4.78 is 29.1. The van der Waals surface area contributed by atoms with E-state index >= 15 is 0 Å². The molecule has 0 fully saturated rings. The lowest BCUT2D eigenvalue weighted by Gasteiger charge is -2.18. The first-order valence-electron chi connectivity index (χ1n) is 30.7. The number of carboxylic acid groups (broad SMARTS) is 2. The van der Waals surface area contributed by atoms with Gasteiger partial charge in [-0.05, 0) is 135 Å². The standard InChI is InChI=1S/2C36H37ClN6O5/c1-23-27(5-4-6-29(23)26-7-8-33-31(13-26)41-22-43(33)10-9-42(2)3)21-48-35-14-34(47-20-25-11-24(15-38)16-39-17-25)28(12-30(35)37)18-40-32(19-44)36(45)46;1-23-27(5-4-6-29(23)26-7-8-31-33(13-26)43(22-41-31)10-9-42(2)3)21-48-35-14-34(47-20-25-11-24(15-38)16-39-17-25)28(12-30(35)37)18-40-32(19-44)36(45)46/h2*4-8,11-14,16-17,22,32,40,44H,9-10,18-21H2,1-3H3,(H,45,46)/t2*32-/m11/s1. The van der Waals surface area contributed by atoms with E-state index in [2.05, 4.69) is 146 Å². The molecule has 96 heavy (non-hydrogen) atoms. The maximum Gasteiger partial charge on any atom is 0.323 e. The number of carbonyl (C=O) groups is 2. The van der Waals surface area contributed by atoms with Gasteiger partial charge in [-0.25, -0.2) is 9.97 Å². The molecule has 10 aromatic rings. The van der Waals surface area contributed by atoms with Crippen molar-refractivity contribution in [3.63, 3.8) is 0 Å². The Morgan fingerprint density at radius 2 is 0.990 bits per heavy atom. The lowest BCUT2D eigenvalue weighted by Crippen LogP contribution is -2.39. The first kappa shape index (κ1) is 70.3. The second-order valence-electron chi connectivity index (χ2n) is 23.3. The van der Waals surface area contributed by atoms with Gasteiger partial charge < -0.3 is 58.3 Å². The van der Waals surface area contributed by atoms with Gasteiger partial charge in [0, 0.05) is 98.4 Å². The van der Waals surface area contributed by atoms with E-state index in [1.165, 1.54) is 12.4 Å². The topological polar surface area (TPSA) is 292 Å². The van der Waals surface area contributed by atoms with Crippen LogP contribution in [-0.2, 0) is 62.2 Å². The molecule has 0 bridgehead atoms. The fourth-order valence-electron chi connectivity index (χ4n) is 10.5. The Morgan fingerprint density at radius 1 is 0.542 bits per heavy atom. The van der Waals surface area contributed by atoms with Crippen LogP contribution in [0.3, 0.4) is 0 Å². The molecule has 0 radical (unpaired) electrons. The first-order chi connectivity index (χ1) is 46.3. The molecular formula is C72H74Cl2N12O10. The minimum absolute atomic E-state index is 0.0583. The van der Waals surface area contributed by atoms with E-state index in [0.717, 1.165) is 92.8 Å². The van der Waals surface area contributed by atoms with Crippen LogP contribution in [0.1, 0.15) is 55.6 Å². The molecule has 0 aliphatic heterocycles. The zero-order valence-electron chi connectivity index (χ0n) is 54.0. The number of nitriles is 2. The molecule has 0 aliphatic carbocycles. The van der Waals surface area contributed by atoms with Crippen LogP contribution in [0.25, 0.3) is 44.3 Å². The van der Waals surface area contributed by atoms with Crippen LogP contribution in [0.5, 0.6) is 23.0 Å². The monoisotopic (exact) mass is 1340 g/mol. The summed E-state index contributed by atoms with van der Waals surface area (Å²) in [6, 6.07) is 36.6. The Bertz CT molecular complexity index is 4470. The van der Waals surface area contributed by atoms with Crippen molar-refractivity contribution >= 4 is 57.2 Å². The highest BCUT2D eigenvalue weighted by atomic mass is 35.5. The SMILES string of the molecule is Cc1c(COc2cc(OCc3cncc(C#N)c3)c(CN[C@H](CO)C(=O)O)cc2Cl)cccc1-c1ccc2c(c1)ncn2CCN(C)C.Cc1c(COc2cc(OCc3cncc(C#N)c3)c(CN[C@H](CO)C(=O)O)cc2Cl)cccc1-c1ccc2ncn(CCN(C)C)c2c1. The van der Waals surface area contributed by atoms with E-state index in [0.29, 0.717) is 66.4 Å². The summed E-state index contributed by atoms with van der Waals surface area (Å²) in [6.07, 6.45) is 9.90. The molecular weight excluding hydrogens is 1260 g/mol. The number of aliphatic carboxylic acids is 2. The number of carboxylic acids is 2. The van der Waals surface area contributed by atoms with Gasteiger partial charge in [0.1, 0.15) is 73.6 Å². The Kier molecular flexibility index (Phi) is 24.5. The average Bonchev–Trinajstić information content (AvgIpc) is 1.54. The molecule has 0 saturated heterocycles. The molecule has 6 aromatic carbocycles. The molecule has 22 nitrogen and oxygen atoms in total. The van der Waals surface area contributed by atoms with Crippen LogP contribution in [0.4, 0.5) is 0 Å². The van der Waals surface area contributed by atoms with Gasteiger partial charge in [0.05, 0.1) is 69.1 Å². The molecule has 496 valence electrons. The Hall–Kier alpha value is -9.98. The summed E-state index contributed by atoms with van der Waals surface area (Å²) in [5, 5.41) is 62.4. The Balaban J connectivity index is 0.000000225. The van der Waals surface area contributed by atoms with Crippen LogP contribution < -0.4 is 29.6 Å². The maximum atomic E-state index is 11.5. The van der Waals surface area contributed by atoms with E-state index < -0.39 is 37.2 Å². The van der Waals surface area contributed by atoms with E-state index in [1.54, 1.807) is 48.8 Å². The van der Waals surface area contributed by atoms with Gasteiger partial charge in [-0.2, -0.15) is 10.5 Å². The number of halogens is 2. The van der Waals surface area contributed by atoms with Gasteiger partial charge in [-0.3, -0.25) is 30.2 Å². The van der Waals surface area contributed by atoms with E-state index in [4.69, 9.17) is 42.1 Å². The fraction of sp³-hybridized carbons (Fsp3) is 0.278. The van der Waals surface area contributed by atoms with Crippen LogP contribution >= 0.6 is 23.2 Å². The number of fused-ring (bicyclic) bond motifs is 2. The molecule has 4 aromatic heterocycles. The molecule has 10 rings (SSSR count). The number of hydrogen-bond donors (Lipinski definition) is 6. The summed E-state index contributed by atoms with van der Waals surface area (Å²) in [5.74, 6) is -0.806. The third-order valence-electron chi connectivity index (χ3n) is 16.0. The predicted octanol–water partition coefficient (Wildman–Crippen LogP) is 10.4. The van der Waals surface area contributed by atoms with E-state index in [1.807, 2.05) is 43.0 Å². The molecule has 0 amide bonds. The Labute approximate surface area is 566 Å². The summed E-state index contributed by atoms with van der Waals surface area (Å²) in [4.78, 5) is 44.6. The van der Waals surface area contributed by atoms with Crippen molar-refractivity contribution in [2.75, 3.05) is 54.5 Å². The van der Waals surface area contributed by atoms with Gasteiger partial charge in [0.25, 0.3) is 0 Å². The van der Waals surface area contributed by atoms with Crippen molar-refractivity contribution in [2.45, 2.75) is 78.5 Å². The summed E-state index contributed by atoms with van der Waals surface area (Å²) in [6.45, 7) is 7.26. The number of aliphatic hydroxyl groups is 2. The average molecular weight is 1340 g/mol. The predicted molar refractivity (Wildman–Crippen MR) is 366 cm³/mol. The molecule has 24 heteroatoms. The van der Waals surface area contributed by atoms with E-state index in [-0.39, 0.29) is 39.5 Å². The number of hydrogen-bond acceptors (Lipinski definition) is 18. The number of benzene rings is 6. The van der Waals surface area contributed by atoms with Crippen molar-refractivity contribution in [3.8, 4) is 57.4 Å². The lowest BCUT2D eigenvalue weighted by atomic mass is 9.96. The molecule has 0 aliphatic rings. The van der Waals surface area contributed by atoms with Gasteiger partial charge in [0.2, 0.25) is 0 Å². The summed E-state index contributed by atoms with van der Waals surface area (Å²) >= 11 is 13.3. The molecule has 0 spiro atoms. The number of aliphatic hydroxyl groups excluding tert-OH is 2. The largest absolute Gasteiger partial charge is 0.488 e. The normalized spacial score (nSPS) is 11.9. The van der Waals surface area contributed by atoms with Crippen molar-refractivity contribution in [2.24, 2.45) is 0 Å². The van der Waals surface area contributed by atoms with Crippen molar-refractivity contribution in [1.29, 1.82) is 10.5 Å². The number of ether oxygens (including phenoxy) is 4. The first-order valence-corrected chi connectivity index (χ1v) is 31.4. The molecule has 6 N–H and O–H groups in total. The lowest BCUT2D eigenvalue weighted by molar-refractivity contribution is -0.141. The molecule has 0 saturated carbocycles. The molecule has 4 heterocycles. The zero-order valence-corrected chi connectivity index (χ0v) is 55.5. The van der Waals surface area contributed by atoms with Gasteiger partial charge in [-0.15, -0.1) is 0 Å². The number of nitrogens with one attached hydrogen (secondary N) is 2. The highest BCUT2D eigenvalue weighted by molar-refractivity contribution is 6.32. The second kappa shape index (κ2) is 33.4. The smallest absolute Gasteiger partial charge is 0.323 e. The minimum atomic E-state index is -1.18. The Morgan fingerprint density at radius 3 is 1.45 bits per heavy atom. The van der Waals surface area contributed by atoms with Gasteiger partial charge >= 0.3 is 11.9 Å². The summed E-state index contributed by atoms with van der Waals surface area (Å²) in [7, 11) is 8.22. The fourth-order valence-corrected chi connectivity index (χ4v) is 10.9. The number of pyridine rings is 2. The third-order valence-corrected chi connectivity index (χ3v) is 16.6. The molecule has 2 atom stereocenters. The van der Waals surface area contributed by atoms with Crippen molar-refractivity contribution in [3.05, 3.63) is 212 Å². The minimum Gasteiger partial charge on any atom is -0.488 e.